The molecular weight excluding hydrogens is 222 g/mol. The first-order chi connectivity index (χ1) is 8.75. The van der Waals surface area contributed by atoms with Crippen LogP contribution in [-0.2, 0) is 13.0 Å². The van der Waals surface area contributed by atoms with E-state index in [1.165, 1.54) is 37.2 Å². The van der Waals surface area contributed by atoms with Crippen LogP contribution in [0.2, 0.25) is 0 Å². The van der Waals surface area contributed by atoms with E-state index < -0.39 is 0 Å². The minimum atomic E-state index is 0.706. The van der Waals surface area contributed by atoms with Crippen molar-refractivity contribution in [2.45, 2.75) is 25.4 Å². The molecule has 0 bridgehead atoms. The third kappa shape index (κ3) is 2.13. The highest BCUT2D eigenvalue weighted by molar-refractivity contribution is 5.58. The molecule has 0 aliphatic carbocycles. The summed E-state index contributed by atoms with van der Waals surface area (Å²) in [5.74, 6) is 0. The van der Waals surface area contributed by atoms with Crippen LogP contribution in [0.5, 0.6) is 0 Å². The molecule has 0 radical (unpaired) electrons. The molecule has 0 aromatic heterocycles. The summed E-state index contributed by atoms with van der Waals surface area (Å²) in [6.07, 6.45) is 2.46. The molecule has 2 aliphatic heterocycles. The van der Waals surface area contributed by atoms with Gasteiger partial charge in [-0.2, -0.15) is 0 Å². The zero-order valence-corrected chi connectivity index (χ0v) is 11.4. The molecule has 0 saturated carbocycles. The molecule has 3 rings (SSSR count). The van der Waals surface area contributed by atoms with Crippen molar-refractivity contribution in [1.82, 2.24) is 10.2 Å². The predicted octanol–water partition coefficient (Wildman–Crippen LogP) is 1.47. The third-order valence-electron chi connectivity index (χ3n) is 4.36. The van der Waals surface area contributed by atoms with Crippen LogP contribution in [0, 0.1) is 0 Å². The maximum absolute atomic E-state index is 3.50. The van der Waals surface area contributed by atoms with Gasteiger partial charge in [-0.3, -0.25) is 0 Å². The largest absolute Gasteiger partial charge is 0.370 e. The Bertz CT molecular complexity index is 428. The summed E-state index contributed by atoms with van der Waals surface area (Å²) >= 11 is 0. The van der Waals surface area contributed by atoms with E-state index in [9.17, 15) is 0 Å². The molecule has 3 heteroatoms. The van der Waals surface area contributed by atoms with Gasteiger partial charge in [0.15, 0.2) is 0 Å². The van der Waals surface area contributed by atoms with E-state index in [-0.39, 0.29) is 0 Å². The lowest BCUT2D eigenvalue weighted by Gasteiger charge is -2.27. The molecule has 0 spiro atoms. The van der Waals surface area contributed by atoms with Crippen molar-refractivity contribution in [3.05, 3.63) is 29.3 Å². The van der Waals surface area contributed by atoms with Crippen LogP contribution in [0.15, 0.2) is 18.2 Å². The molecule has 1 aromatic rings. The van der Waals surface area contributed by atoms with Crippen LogP contribution in [-0.4, -0.2) is 44.7 Å². The normalized spacial score (nSPS) is 23.5. The highest BCUT2D eigenvalue weighted by Crippen LogP contribution is 2.29. The van der Waals surface area contributed by atoms with E-state index >= 15 is 0 Å². The third-order valence-corrected chi connectivity index (χ3v) is 4.36. The van der Waals surface area contributed by atoms with E-state index in [1.54, 1.807) is 5.56 Å². The number of hydrogen-bond donors (Lipinski definition) is 1. The number of nitrogens with zero attached hydrogens (tertiary/aromatic N) is 2. The van der Waals surface area contributed by atoms with Crippen molar-refractivity contribution in [2.75, 3.05) is 38.6 Å². The first kappa shape index (κ1) is 12.0. The van der Waals surface area contributed by atoms with Gasteiger partial charge in [0.25, 0.3) is 0 Å². The van der Waals surface area contributed by atoms with Crippen LogP contribution in [0.25, 0.3) is 0 Å². The number of anilines is 1. The first-order valence-electron chi connectivity index (χ1n) is 6.98. The fourth-order valence-corrected chi connectivity index (χ4v) is 3.17. The fourth-order valence-electron chi connectivity index (χ4n) is 3.17. The van der Waals surface area contributed by atoms with E-state index in [1.807, 2.05) is 0 Å². The molecule has 1 saturated heterocycles. The molecule has 1 aromatic carbocycles. The monoisotopic (exact) mass is 245 g/mol. The van der Waals surface area contributed by atoms with Gasteiger partial charge in [-0.05, 0) is 50.7 Å². The molecule has 0 amide bonds. The number of benzene rings is 1. The Morgan fingerprint density at radius 3 is 3.00 bits per heavy atom. The van der Waals surface area contributed by atoms with Gasteiger partial charge in [-0.25, -0.2) is 0 Å². The predicted molar refractivity (Wildman–Crippen MR) is 76.2 cm³/mol. The highest BCUT2D eigenvalue weighted by atomic mass is 15.2. The molecule has 98 valence electrons. The van der Waals surface area contributed by atoms with Gasteiger partial charge in [0.1, 0.15) is 0 Å². The maximum Gasteiger partial charge on any atom is 0.0415 e. The lowest BCUT2D eigenvalue weighted by molar-refractivity contribution is 0.315. The van der Waals surface area contributed by atoms with Crippen molar-refractivity contribution < 1.29 is 0 Å². The van der Waals surface area contributed by atoms with Crippen LogP contribution in [0.4, 0.5) is 5.69 Å². The second kappa shape index (κ2) is 4.90. The lowest BCUT2D eigenvalue weighted by atomic mass is 9.99. The minimum Gasteiger partial charge on any atom is -0.370 e. The number of fused-ring (bicyclic) bond motifs is 1. The van der Waals surface area contributed by atoms with Crippen molar-refractivity contribution in [1.29, 1.82) is 0 Å². The van der Waals surface area contributed by atoms with Crippen LogP contribution in [0.1, 0.15) is 17.5 Å². The van der Waals surface area contributed by atoms with Gasteiger partial charge >= 0.3 is 0 Å². The van der Waals surface area contributed by atoms with Gasteiger partial charge in [0.05, 0.1) is 0 Å². The van der Waals surface area contributed by atoms with Crippen molar-refractivity contribution in [3.8, 4) is 0 Å². The summed E-state index contributed by atoms with van der Waals surface area (Å²) in [4.78, 5) is 4.92. The summed E-state index contributed by atoms with van der Waals surface area (Å²) in [5.41, 5.74) is 4.53. The molecular formula is C15H23N3. The molecule has 2 heterocycles. The van der Waals surface area contributed by atoms with Crippen molar-refractivity contribution in [2.24, 2.45) is 0 Å². The van der Waals surface area contributed by atoms with E-state index in [0.29, 0.717) is 6.04 Å². The standard InChI is InChI=1S/C15H23N3/c1-17(2)13-7-9-18(11-13)15-5-3-4-12-6-8-16-10-14(12)15/h3-5,13,16H,6-11H2,1-2H3. The summed E-state index contributed by atoms with van der Waals surface area (Å²) in [7, 11) is 4.38. The van der Waals surface area contributed by atoms with Crippen LogP contribution >= 0.6 is 0 Å². The molecule has 1 N–H and O–H groups in total. The summed E-state index contributed by atoms with van der Waals surface area (Å²) in [5, 5.41) is 3.50. The Labute approximate surface area is 110 Å². The highest BCUT2D eigenvalue weighted by Gasteiger charge is 2.26. The van der Waals surface area contributed by atoms with Crippen molar-refractivity contribution >= 4 is 5.69 Å². The minimum absolute atomic E-state index is 0.706. The lowest BCUT2D eigenvalue weighted by Crippen LogP contribution is -2.32. The Kier molecular flexibility index (Phi) is 3.27. The summed E-state index contributed by atoms with van der Waals surface area (Å²) in [6.45, 7) is 4.52. The Hall–Kier alpha value is -1.06. The number of rotatable bonds is 2. The fraction of sp³-hybridized carbons (Fsp3) is 0.600. The summed E-state index contributed by atoms with van der Waals surface area (Å²) < 4.78 is 0. The zero-order valence-electron chi connectivity index (χ0n) is 11.4. The van der Waals surface area contributed by atoms with Crippen molar-refractivity contribution in [3.63, 3.8) is 0 Å². The van der Waals surface area contributed by atoms with E-state index in [2.05, 4.69) is 47.4 Å². The second-order valence-electron chi connectivity index (χ2n) is 5.69. The molecule has 2 aliphatic rings. The van der Waals surface area contributed by atoms with Gasteiger partial charge < -0.3 is 15.1 Å². The summed E-state index contributed by atoms with van der Waals surface area (Å²) in [6, 6.07) is 7.52. The smallest absolute Gasteiger partial charge is 0.0415 e. The van der Waals surface area contributed by atoms with Gasteiger partial charge in [-0.15, -0.1) is 0 Å². The average molecular weight is 245 g/mol. The van der Waals surface area contributed by atoms with Gasteiger partial charge in [0, 0.05) is 31.4 Å². The number of nitrogens with one attached hydrogen (secondary N) is 1. The molecule has 18 heavy (non-hydrogen) atoms. The molecule has 1 atom stereocenters. The Morgan fingerprint density at radius 2 is 2.22 bits per heavy atom. The zero-order chi connectivity index (χ0) is 12.5. The average Bonchev–Trinajstić information content (AvgIpc) is 2.87. The first-order valence-corrected chi connectivity index (χ1v) is 6.98. The molecule has 1 fully saturated rings. The number of hydrogen-bond acceptors (Lipinski definition) is 3. The quantitative estimate of drug-likeness (QED) is 0.851. The van der Waals surface area contributed by atoms with Crippen LogP contribution < -0.4 is 10.2 Å². The number of likely N-dealkylation sites (N-methyl/N-ethyl adjacent to an activating group) is 1. The van der Waals surface area contributed by atoms with Gasteiger partial charge in [0.2, 0.25) is 0 Å². The molecule has 3 nitrogen and oxygen atoms in total. The van der Waals surface area contributed by atoms with Crippen LogP contribution in [0.3, 0.4) is 0 Å². The topological polar surface area (TPSA) is 18.5 Å². The Balaban J connectivity index is 1.85. The van der Waals surface area contributed by atoms with E-state index in [0.717, 1.165) is 13.1 Å². The van der Waals surface area contributed by atoms with E-state index in [4.69, 9.17) is 0 Å². The SMILES string of the molecule is CN(C)C1CCN(c2cccc3c2CNCC3)C1. The van der Waals surface area contributed by atoms with Gasteiger partial charge in [-0.1, -0.05) is 12.1 Å². The Morgan fingerprint density at radius 1 is 1.33 bits per heavy atom. The second-order valence-corrected chi connectivity index (χ2v) is 5.69. The molecule has 1 unspecified atom stereocenters. The maximum atomic E-state index is 3.50.